The summed E-state index contributed by atoms with van der Waals surface area (Å²) in [5.41, 5.74) is 5.85. The standard InChI is InChI=1S/C15H19Cl2N3O2/c1-9(20-6-4-10(5-7-20)14(18)21)15(22)19-13-3-2-11(16)8-12(13)17/h2-3,8-10H,4-7H2,1H3,(H2,18,21)(H,19,22)/t9-/m1/s1. The van der Waals surface area contributed by atoms with Gasteiger partial charge in [-0.3, -0.25) is 14.5 Å². The Morgan fingerprint density at radius 1 is 1.32 bits per heavy atom. The molecule has 0 aliphatic carbocycles. The monoisotopic (exact) mass is 343 g/mol. The van der Waals surface area contributed by atoms with Gasteiger partial charge in [-0.2, -0.15) is 0 Å². The van der Waals surface area contributed by atoms with Crippen molar-refractivity contribution in [1.29, 1.82) is 0 Å². The molecule has 22 heavy (non-hydrogen) atoms. The molecule has 2 rings (SSSR count). The second-order valence-electron chi connectivity index (χ2n) is 5.50. The number of hydrogen-bond donors (Lipinski definition) is 2. The lowest BCUT2D eigenvalue weighted by atomic mass is 9.95. The Kier molecular flexibility index (Phi) is 5.67. The lowest BCUT2D eigenvalue weighted by Crippen LogP contribution is -2.47. The van der Waals surface area contributed by atoms with Crippen LogP contribution in [-0.4, -0.2) is 35.8 Å². The molecule has 1 aromatic rings. The van der Waals surface area contributed by atoms with Crippen LogP contribution in [0.15, 0.2) is 18.2 Å². The fourth-order valence-electron chi connectivity index (χ4n) is 2.57. The number of nitrogens with zero attached hydrogens (tertiary/aromatic N) is 1. The second-order valence-corrected chi connectivity index (χ2v) is 6.35. The Hall–Kier alpha value is -1.30. The minimum Gasteiger partial charge on any atom is -0.369 e. The van der Waals surface area contributed by atoms with Gasteiger partial charge in [0.15, 0.2) is 0 Å². The lowest BCUT2D eigenvalue weighted by molar-refractivity contribution is -0.124. The number of nitrogens with two attached hydrogens (primary N) is 1. The molecule has 5 nitrogen and oxygen atoms in total. The van der Waals surface area contributed by atoms with Crippen molar-refractivity contribution in [3.8, 4) is 0 Å². The van der Waals surface area contributed by atoms with Crippen LogP contribution in [0.2, 0.25) is 10.0 Å². The van der Waals surface area contributed by atoms with Crippen LogP contribution in [0, 0.1) is 5.92 Å². The zero-order valence-electron chi connectivity index (χ0n) is 12.3. The van der Waals surface area contributed by atoms with E-state index in [0.717, 1.165) is 0 Å². The first kappa shape index (κ1) is 17.1. The van der Waals surface area contributed by atoms with Crippen LogP contribution in [-0.2, 0) is 9.59 Å². The molecule has 2 amide bonds. The normalized spacial score (nSPS) is 18.0. The van der Waals surface area contributed by atoms with E-state index in [1.807, 2.05) is 11.8 Å². The highest BCUT2D eigenvalue weighted by Crippen LogP contribution is 2.26. The molecule has 1 aromatic carbocycles. The van der Waals surface area contributed by atoms with Crippen LogP contribution in [0.3, 0.4) is 0 Å². The molecular formula is C15H19Cl2N3O2. The molecular weight excluding hydrogens is 325 g/mol. The van der Waals surface area contributed by atoms with E-state index in [4.69, 9.17) is 28.9 Å². The Morgan fingerprint density at radius 2 is 1.95 bits per heavy atom. The van der Waals surface area contributed by atoms with Gasteiger partial charge in [-0.1, -0.05) is 23.2 Å². The number of likely N-dealkylation sites (tertiary alicyclic amines) is 1. The van der Waals surface area contributed by atoms with Crippen molar-refractivity contribution in [3.05, 3.63) is 28.2 Å². The Morgan fingerprint density at radius 3 is 2.50 bits per heavy atom. The van der Waals surface area contributed by atoms with Gasteiger partial charge in [0.1, 0.15) is 0 Å². The molecule has 1 heterocycles. The zero-order chi connectivity index (χ0) is 16.3. The number of carbonyl (C=O) groups is 2. The molecule has 7 heteroatoms. The fraction of sp³-hybridized carbons (Fsp3) is 0.467. The van der Waals surface area contributed by atoms with Crippen molar-refractivity contribution in [1.82, 2.24) is 4.90 Å². The molecule has 0 aromatic heterocycles. The van der Waals surface area contributed by atoms with E-state index < -0.39 is 0 Å². The molecule has 1 aliphatic rings. The average Bonchev–Trinajstić information content (AvgIpc) is 2.49. The summed E-state index contributed by atoms with van der Waals surface area (Å²) < 4.78 is 0. The Bertz CT molecular complexity index is 572. The number of benzene rings is 1. The maximum Gasteiger partial charge on any atom is 0.241 e. The summed E-state index contributed by atoms with van der Waals surface area (Å²) >= 11 is 11.9. The summed E-state index contributed by atoms with van der Waals surface area (Å²) in [6, 6.07) is 4.63. The molecule has 0 unspecified atom stereocenters. The topological polar surface area (TPSA) is 75.4 Å². The van der Waals surface area contributed by atoms with Gasteiger partial charge in [-0.25, -0.2) is 0 Å². The van der Waals surface area contributed by atoms with Crippen molar-refractivity contribution in [2.45, 2.75) is 25.8 Å². The predicted molar refractivity (Wildman–Crippen MR) is 88.0 cm³/mol. The maximum absolute atomic E-state index is 12.3. The van der Waals surface area contributed by atoms with Crippen molar-refractivity contribution in [2.75, 3.05) is 18.4 Å². The number of halogens is 2. The first-order chi connectivity index (χ1) is 10.4. The number of hydrogen-bond acceptors (Lipinski definition) is 3. The SMILES string of the molecule is C[C@H](C(=O)Nc1ccc(Cl)cc1Cl)N1CCC(C(N)=O)CC1. The van der Waals surface area contributed by atoms with Crippen molar-refractivity contribution >= 4 is 40.7 Å². The van der Waals surface area contributed by atoms with E-state index in [-0.39, 0.29) is 23.8 Å². The summed E-state index contributed by atoms with van der Waals surface area (Å²) in [6.07, 6.45) is 1.38. The summed E-state index contributed by atoms with van der Waals surface area (Å²) in [7, 11) is 0. The largest absolute Gasteiger partial charge is 0.369 e. The number of nitrogens with one attached hydrogen (secondary N) is 1. The van der Waals surface area contributed by atoms with Crippen molar-refractivity contribution < 1.29 is 9.59 Å². The highest BCUT2D eigenvalue weighted by atomic mass is 35.5. The highest BCUT2D eigenvalue weighted by molar-refractivity contribution is 6.36. The van der Waals surface area contributed by atoms with Crippen LogP contribution in [0.4, 0.5) is 5.69 Å². The molecule has 3 N–H and O–H groups in total. The fourth-order valence-corrected chi connectivity index (χ4v) is 3.02. The summed E-state index contributed by atoms with van der Waals surface area (Å²) in [5.74, 6) is -0.483. The first-order valence-electron chi connectivity index (χ1n) is 7.17. The summed E-state index contributed by atoms with van der Waals surface area (Å²) in [5, 5.41) is 3.73. The van der Waals surface area contributed by atoms with Gasteiger partial charge in [0.25, 0.3) is 0 Å². The van der Waals surface area contributed by atoms with Gasteiger partial charge in [0.05, 0.1) is 16.8 Å². The molecule has 0 bridgehead atoms. The quantitative estimate of drug-likeness (QED) is 0.881. The minimum atomic E-state index is -0.305. The van der Waals surface area contributed by atoms with Crippen molar-refractivity contribution in [2.24, 2.45) is 11.7 Å². The summed E-state index contributed by atoms with van der Waals surface area (Å²) in [6.45, 7) is 3.19. The number of primary amides is 1. The van der Waals surface area contributed by atoms with Gasteiger partial charge < -0.3 is 11.1 Å². The van der Waals surface area contributed by atoms with Crippen LogP contribution in [0.5, 0.6) is 0 Å². The van der Waals surface area contributed by atoms with Crippen molar-refractivity contribution in [3.63, 3.8) is 0 Å². The van der Waals surface area contributed by atoms with Gasteiger partial charge in [-0.05, 0) is 51.1 Å². The molecule has 0 spiro atoms. The molecule has 1 atom stereocenters. The number of piperidine rings is 1. The van der Waals surface area contributed by atoms with Crippen LogP contribution in [0.25, 0.3) is 0 Å². The molecule has 0 saturated carbocycles. The second kappa shape index (κ2) is 7.31. The van der Waals surface area contributed by atoms with E-state index in [9.17, 15) is 9.59 Å². The third-order valence-corrected chi connectivity index (χ3v) is 4.60. The number of carbonyl (C=O) groups excluding carboxylic acids is 2. The van der Waals surface area contributed by atoms with Gasteiger partial charge >= 0.3 is 0 Å². The van der Waals surface area contributed by atoms with E-state index in [1.54, 1.807) is 18.2 Å². The predicted octanol–water partition coefficient (Wildman–Crippen LogP) is 2.52. The highest BCUT2D eigenvalue weighted by Gasteiger charge is 2.28. The maximum atomic E-state index is 12.3. The van der Waals surface area contributed by atoms with Crippen LogP contribution < -0.4 is 11.1 Å². The molecule has 0 radical (unpaired) electrons. The molecule has 1 aliphatic heterocycles. The van der Waals surface area contributed by atoms with Crippen LogP contribution in [0.1, 0.15) is 19.8 Å². The van der Waals surface area contributed by atoms with Gasteiger partial charge in [-0.15, -0.1) is 0 Å². The smallest absolute Gasteiger partial charge is 0.241 e. The number of anilines is 1. The van der Waals surface area contributed by atoms with E-state index in [2.05, 4.69) is 5.32 Å². The number of amides is 2. The Balaban J connectivity index is 1.94. The average molecular weight is 344 g/mol. The first-order valence-corrected chi connectivity index (χ1v) is 7.93. The molecule has 1 saturated heterocycles. The lowest BCUT2D eigenvalue weighted by Gasteiger charge is -2.34. The third-order valence-electron chi connectivity index (χ3n) is 4.05. The van der Waals surface area contributed by atoms with E-state index >= 15 is 0 Å². The third kappa shape index (κ3) is 4.12. The molecule has 1 fully saturated rings. The minimum absolute atomic E-state index is 0.0859. The summed E-state index contributed by atoms with van der Waals surface area (Å²) in [4.78, 5) is 25.5. The van der Waals surface area contributed by atoms with Gasteiger partial charge in [0, 0.05) is 10.9 Å². The Labute approximate surface area is 139 Å². The van der Waals surface area contributed by atoms with Crippen LogP contribution >= 0.6 is 23.2 Å². The zero-order valence-corrected chi connectivity index (χ0v) is 13.8. The molecule has 120 valence electrons. The van der Waals surface area contributed by atoms with Gasteiger partial charge in [0.2, 0.25) is 11.8 Å². The van der Waals surface area contributed by atoms with E-state index in [1.165, 1.54) is 0 Å². The number of rotatable bonds is 4. The van der Waals surface area contributed by atoms with E-state index in [0.29, 0.717) is 41.7 Å².